The highest BCUT2D eigenvalue weighted by Gasteiger charge is 2.41. The van der Waals surface area contributed by atoms with Gasteiger partial charge in [0.25, 0.3) is 0 Å². The van der Waals surface area contributed by atoms with Crippen molar-refractivity contribution < 1.29 is 51.2 Å². The maximum absolute atomic E-state index is 11.7. The van der Waals surface area contributed by atoms with Gasteiger partial charge in [0.1, 0.15) is 11.9 Å². The second-order valence-electron chi connectivity index (χ2n) is 5.82. The fraction of sp³-hybridized carbons (Fsp3) is 0.417. The van der Waals surface area contributed by atoms with Crippen molar-refractivity contribution in [3.8, 4) is 0 Å². The number of rotatable bonds is 8. The van der Waals surface area contributed by atoms with Gasteiger partial charge in [-0.3, -0.25) is 4.52 Å². The maximum Gasteiger partial charge on any atom is 0.490 e. The van der Waals surface area contributed by atoms with Crippen molar-refractivity contribution in [2.75, 3.05) is 6.61 Å². The van der Waals surface area contributed by atoms with Gasteiger partial charge in [-0.25, -0.2) is 18.7 Å². The van der Waals surface area contributed by atoms with Crippen LogP contribution >= 0.6 is 23.5 Å². The van der Waals surface area contributed by atoms with E-state index in [1.165, 1.54) is 0 Å². The van der Waals surface area contributed by atoms with Gasteiger partial charge in [-0.2, -0.15) is 8.62 Å². The summed E-state index contributed by atoms with van der Waals surface area (Å²) in [6, 6.07) is 5.55. The Balaban J connectivity index is 1.56. The lowest BCUT2D eigenvalue weighted by Gasteiger charge is -2.19. The van der Waals surface area contributed by atoms with E-state index < -0.39 is 36.2 Å². The first-order valence-corrected chi connectivity index (χ1v) is 12.3. The molecule has 4 atom stereocenters. The highest BCUT2D eigenvalue weighted by Crippen LogP contribution is 2.66. The van der Waals surface area contributed by atoms with Crippen molar-refractivity contribution in [2.24, 2.45) is 0 Å². The van der Waals surface area contributed by atoms with Gasteiger partial charge in [-0.15, -0.1) is 0 Å². The average Bonchev–Trinajstić information content (AvgIpc) is 3.16. The molecule has 2 unspecified atom stereocenters. The molecule has 0 aromatic carbocycles. The predicted molar refractivity (Wildman–Crippen MR) is 92.7 cm³/mol. The molecule has 28 heavy (non-hydrogen) atoms. The first-order valence-electron chi connectivity index (χ1n) is 7.79. The molecule has 13 nitrogen and oxygen atoms in total. The minimum absolute atomic E-state index is 0.387. The standard InChI is InChI=1S/C12H17N2O11P3/c15-26(16,17)24-28(20,21)25-27(18,19)22-8-10-3-4-11(23-10)14-7-5-9-2-1-6-13-12(9)14/h1-2,5-7,10-11H,3-4,8H2,(H,18,19)(H,20,21)(H2,15,16,17)/t10-,11+/m0/s1. The molecular formula is C12H17N2O11P3. The molecule has 2 aromatic heterocycles. The van der Waals surface area contributed by atoms with Gasteiger partial charge >= 0.3 is 23.5 Å². The second-order valence-corrected chi connectivity index (χ2v) is 10.2. The van der Waals surface area contributed by atoms with E-state index in [0.717, 1.165) is 5.39 Å². The molecule has 3 heterocycles. The maximum atomic E-state index is 11.7. The molecule has 1 aliphatic rings. The highest BCUT2D eigenvalue weighted by atomic mass is 31.3. The fourth-order valence-electron chi connectivity index (χ4n) is 2.71. The summed E-state index contributed by atoms with van der Waals surface area (Å²) in [6.45, 7) is -0.465. The van der Waals surface area contributed by atoms with Crippen LogP contribution in [0.3, 0.4) is 0 Å². The van der Waals surface area contributed by atoms with Crippen LogP contribution in [0.5, 0.6) is 0 Å². The van der Waals surface area contributed by atoms with E-state index in [-0.39, 0.29) is 6.23 Å². The van der Waals surface area contributed by atoms with Gasteiger partial charge in [-0.05, 0) is 31.0 Å². The van der Waals surface area contributed by atoms with E-state index >= 15 is 0 Å². The molecule has 4 N–H and O–H groups in total. The largest absolute Gasteiger partial charge is 0.490 e. The molecule has 0 spiro atoms. The van der Waals surface area contributed by atoms with E-state index in [0.29, 0.717) is 18.5 Å². The van der Waals surface area contributed by atoms with Gasteiger partial charge in [0.15, 0.2) is 0 Å². The summed E-state index contributed by atoms with van der Waals surface area (Å²) in [5, 5.41) is 0.919. The Bertz CT molecular complexity index is 988. The van der Waals surface area contributed by atoms with Crippen LogP contribution in [-0.4, -0.2) is 41.8 Å². The lowest BCUT2D eigenvalue weighted by atomic mass is 10.2. The Morgan fingerprint density at radius 2 is 1.86 bits per heavy atom. The highest BCUT2D eigenvalue weighted by molar-refractivity contribution is 7.66. The molecule has 1 saturated heterocycles. The molecule has 0 aliphatic carbocycles. The number of fused-ring (bicyclic) bond motifs is 1. The molecule has 0 saturated carbocycles. The first-order chi connectivity index (χ1) is 12.9. The first kappa shape index (κ1) is 21.8. The third-order valence-electron chi connectivity index (χ3n) is 3.71. The van der Waals surface area contributed by atoms with Crippen molar-refractivity contribution in [3.05, 3.63) is 30.6 Å². The number of nitrogens with zero attached hydrogens (tertiary/aromatic N) is 2. The summed E-state index contributed by atoms with van der Waals surface area (Å²) in [5.74, 6) is 0. The van der Waals surface area contributed by atoms with E-state index in [4.69, 9.17) is 19.4 Å². The topological polar surface area (TPSA) is 187 Å². The zero-order valence-corrected chi connectivity index (χ0v) is 16.7. The summed E-state index contributed by atoms with van der Waals surface area (Å²) in [4.78, 5) is 39.8. The Hall–Kier alpha value is -0.940. The van der Waals surface area contributed by atoms with Crippen LogP contribution in [0.15, 0.2) is 30.6 Å². The molecule has 3 rings (SSSR count). The van der Waals surface area contributed by atoms with Gasteiger partial charge in [-0.1, -0.05) is 0 Å². The minimum Gasteiger partial charge on any atom is -0.352 e. The van der Waals surface area contributed by atoms with Crippen molar-refractivity contribution in [2.45, 2.75) is 25.2 Å². The molecule has 156 valence electrons. The normalized spacial score (nSPS) is 24.9. The van der Waals surface area contributed by atoms with E-state index in [2.05, 4.69) is 18.1 Å². The smallest absolute Gasteiger partial charge is 0.352 e. The van der Waals surface area contributed by atoms with E-state index in [1.807, 2.05) is 12.1 Å². The second kappa shape index (κ2) is 8.06. The Morgan fingerprint density at radius 1 is 1.11 bits per heavy atom. The van der Waals surface area contributed by atoms with Crippen LogP contribution in [-0.2, 0) is 31.6 Å². The molecule has 0 bridgehead atoms. The third kappa shape index (κ3) is 5.79. The molecular weight excluding hydrogens is 441 g/mol. The van der Waals surface area contributed by atoms with Crippen LogP contribution in [0, 0.1) is 0 Å². The Morgan fingerprint density at radius 3 is 2.57 bits per heavy atom. The number of ether oxygens (including phenoxy) is 1. The van der Waals surface area contributed by atoms with Crippen LogP contribution in [0.1, 0.15) is 19.1 Å². The van der Waals surface area contributed by atoms with Crippen molar-refractivity contribution in [3.63, 3.8) is 0 Å². The fourth-order valence-corrected chi connectivity index (χ4v) is 5.76. The SMILES string of the molecule is O=P(O)(O)OP(=O)(O)OP(=O)(O)OC[C@@H]1CC[C@H](n2ccc3cccnc32)O1. The minimum atomic E-state index is -5.53. The molecule has 1 fully saturated rings. The van der Waals surface area contributed by atoms with Crippen molar-refractivity contribution in [1.82, 2.24) is 9.55 Å². The van der Waals surface area contributed by atoms with Gasteiger partial charge in [0.05, 0.1) is 12.7 Å². The number of aromatic nitrogens is 2. The lowest BCUT2D eigenvalue weighted by molar-refractivity contribution is -0.0202. The van der Waals surface area contributed by atoms with Gasteiger partial charge < -0.3 is 28.9 Å². The quantitative estimate of drug-likeness (QED) is 0.422. The number of hydrogen-bond acceptors (Lipinski definition) is 8. The summed E-state index contributed by atoms with van der Waals surface area (Å²) in [6.07, 6.45) is 3.43. The van der Waals surface area contributed by atoms with E-state index in [1.54, 1.807) is 23.0 Å². The summed E-state index contributed by atoms with van der Waals surface area (Å²) in [7, 11) is -16.1. The van der Waals surface area contributed by atoms with Crippen LogP contribution < -0.4 is 0 Å². The molecule has 0 radical (unpaired) electrons. The summed E-state index contributed by atoms with van der Waals surface area (Å²) >= 11 is 0. The number of phosphoric acid groups is 3. The molecule has 0 amide bonds. The number of pyridine rings is 1. The van der Waals surface area contributed by atoms with Crippen LogP contribution in [0.2, 0.25) is 0 Å². The lowest BCUT2D eigenvalue weighted by Crippen LogP contribution is -2.16. The summed E-state index contributed by atoms with van der Waals surface area (Å²) in [5.41, 5.74) is 0.709. The Kier molecular flexibility index (Phi) is 6.26. The number of hydrogen-bond donors (Lipinski definition) is 4. The molecule has 2 aromatic rings. The van der Waals surface area contributed by atoms with Crippen LogP contribution in [0.4, 0.5) is 0 Å². The van der Waals surface area contributed by atoms with Gasteiger partial charge in [0.2, 0.25) is 0 Å². The van der Waals surface area contributed by atoms with Crippen molar-refractivity contribution >= 4 is 34.5 Å². The molecule has 1 aliphatic heterocycles. The predicted octanol–water partition coefficient (Wildman–Crippen LogP) is 2.06. The zero-order chi connectivity index (χ0) is 20.6. The van der Waals surface area contributed by atoms with Gasteiger partial charge in [0, 0.05) is 17.8 Å². The zero-order valence-electron chi connectivity index (χ0n) is 14.0. The van der Waals surface area contributed by atoms with Crippen molar-refractivity contribution in [1.29, 1.82) is 0 Å². The van der Waals surface area contributed by atoms with E-state index in [9.17, 15) is 18.6 Å². The number of phosphoric ester groups is 1. The van der Waals surface area contributed by atoms with Crippen LogP contribution in [0.25, 0.3) is 11.0 Å². The average molecular weight is 458 g/mol. The Labute approximate surface area is 158 Å². The third-order valence-corrected chi connectivity index (χ3v) is 7.51. The summed E-state index contributed by atoms with van der Waals surface area (Å²) < 4.78 is 53.0. The monoisotopic (exact) mass is 458 g/mol. The molecule has 16 heteroatoms.